The van der Waals surface area contributed by atoms with Crippen LogP contribution >= 0.6 is 0 Å². The van der Waals surface area contributed by atoms with E-state index in [1.54, 1.807) is 11.8 Å². The van der Waals surface area contributed by atoms with Crippen LogP contribution in [0.5, 0.6) is 0 Å². The Morgan fingerprint density at radius 2 is 1.97 bits per heavy atom. The van der Waals surface area contributed by atoms with Crippen molar-refractivity contribution >= 4 is 12.0 Å². The van der Waals surface area contributed by atoms with E-state index in [0.29, 0.717) is 61.1 Å². The van der Waals surface area contributed by atoms with Crippen LogP contribution in [-0.2, 0) is 23.9 Å². The van der Waals surface area contributed by atoms with E-state index < -0.39 is 11.7 Å². The van der Waals surface area contributed by atoms with Crippen molar-refractivity contribution in [3.63, 3.8) is 0 Å². The number of piperidine rings is 1. The van der Waals surface area contributed by atoms with Crippen molar-refractivity contribution in [1.82, 2.24) is 35.3 Å². The highest BCUT2D eigenvalue weighted by Crippen LogP contribution is 2.31. The smallest absolute Gasteiger partial charge is 0.416 e. The van der Waals surface area contributed by atoms with Crippen LogP contribution < -0.4 is 0 Å². The number of rotatable bonds is 6. The van der Waals surface area contributed by atoms with Gasteiger partial charge in [-0.15, -0.1) is 20.4 Å². The number of carbonyl (C=O) groups excluding carboxylic acids is 1. The molecule has 1 aliphatic rings. The number of hydrogen-bond acceptors (Lipinski definition) is 7. The lowest BCUT2D eigenvalue weighted by molar-refractivity contribution is -0.137. The first kappa shape index (κ1) is 23.6. The van der Waals surface area contributed by atoms with E-state index in [1.165, 1.54) is 23.0 Å². The molecule has 0 radical (unpaired) electrons. The number of tetrazole rings is 1. The number of amides is 1. The van der Waals surface area contributed by atoms with Crippen molar-refractivity contribution in [2.75, 3.05) is 13.1 Å². The van der Waals surface area contributed by atoms with Crippen molar-refractivity contribution in [3.05, 3.63) is 58.6 Å². The Labute approximate surface area is 193 Å². The first-order valence-corrected chi connectivity index (χ1v) is 11.0. The minimum absolute atomic E-state index is 0.00600. The van der Waals surface area contributed by atoms with Crippen LogP contribution in [-0.4, -0.2) is 54.3 Å². The lowest BCUT2D eigenvalue weighted by atomic mass is 9.96. The zero-order chi connectivity index (χ0) is 24.3. The van der Waals surface area contributed by atoms with Gasteiger partial charge in [0.05, 0.1) is 12.1 Å². The van der Waals surface area contributed by atoms with Gasteiger partial charge in [0.25, 0.3) is 0 Å². The maximum atomic E-state index is 13.2. The highest BCUT2D eigenvalue weighted by atomic mass is 19.4. The Hall–Kier alpha value is -3.57. The third-order valence-electron chi connectivity index (χ3n) is 5.68. The molecular formula is C22H24F3N7O2. The number of nitrogens with zero attached hydrogens (tertiary/aromatic N) is 7. The average molecular weight is 475 g/mol. The Kier molecular flexibility index (Phi) is 6.75. The number of aromatic nitrogens is 6. The maximum Gasteiger partial charge on any atom is 0.416 e. The standard InChI is InChI=1S/C22H24F3N7O2/c1-3-19-27-28-21(34-19)16-8-10-31(11-9-16)20(33)7-5-15-4-6-18(22(23,24)25)12-17(15)13-32-29-14(2)26-30-32/h4-7,12,16H,3,8-11,13H2,1-2H3. The third kappa shape index (κ3) is 5.49. The van der Waals surface area contributed by atoms with Crippen LogP contribution in [0.4, 0.5) is 13.2 Å². The number of alkyl halides is 3. The second-order valence-electron chi connectivity index (χ2n) is 8.10. The molecule has 1 amide bonds. The number of halogens is 3. The molecule has 0 unspecified atom stereocenters. The van der Waals surface area contributed by atoms with E-state index in [2.05, 4.69) is 25.6 Å². The van der Waals surface area contributed by atoms with Crippen LogP contribution in [0, 0.1) is 6.92 Å². The molecule has 3 heterocycles. The molecule has 9 nitrogen and oxygen atoms in total. The van der Waals surface area contributed by atoms with Gasteiger partial charge >= 0.3 is 6.18 Å². The Morgan fingerprint density at radius 1 is 1.21 bits per heavy atom. The highest BCUT2D eigenvalue weighted by molar-refractivity contribution is 5.92. The minimum atomic E-state index is -4.49. The molecule has 0 saturated carbocycles. The van der Waals surface area contributed by atoms with Crippen molar-refractivity contribution in [1.29, 1.82) is 0 Å². The number of carbonyl (C=O) groups is 1. The van der Waals surface area contributed by atoms with Gasteiger partial charge in [0.2, 0.25) is 17.7 Å². The third-order valence-corrected chi connectivity index (χ3v) is 5.68. The fourth-order valence-electron chi connectivity index (χ4n) is 3.81. The van der Waals surface area contributed by atoms with Gasteiger partial charge in [0.1, 0.15) is 0 Å². The minimum Gasteiger partial charge on any atom is -0.425 e. The molecule has 34 heavy (non-hydrogen) atoms. The molecule has 3 aromatic rings. The molecule has 0 aliphatic carbocycles. The van der Waals surface area contributed by atoms with Crippen molar-refractivity contribution in [2.45, 2.75) is 51.7 Å². The van der Waals surface area contributed by atoms with Gasteiger partial charge in [0, 0.05) is 31.5 Å². The van der Waals surface area contributed by atoms with Gasteiger partial charge < -0.3 is 9.32 Å². The summed E-state index contributed by atoms with van der Waals surface area (Å²) in [5.41, 5.74) is 0.0272. The van der Waals surface area contributed by atoms with Crippen molar-refractivity contribution < 1.29 is 22.4 Å². The summed E-state index contributed by atoms with van der Waals surface area (Å²) in [4.78, 5) is 15.7. The predicted octanol–water partition coefficient (Wildman–Crippen LogP) is 3.41. The van der Waals surface area contributed by atoms with Gasteiger partial charge in [-0.25, -0.2) is 0 Å². The summed E-state index contributed by atoms with van der Waals surface area (Å²) >= 11 is 0. The fourth-order valence-corrected chi connectivity index (χ4v) is 3.81. The van der Waals surface area contributed by atoms with Gasteiger partial charge in [-0.1, -0.05) is 13.0 Å². The lowest BCUT2D eigenvalue weighted by Gasteiger charge is -2.29. The monoisotopic (exact) mass is 475 g/mol. The molecule has 0 bridgehead atoms. The molecular weight excluding hydrogens is 451 g/mol. The molecule has 1 aromatic carbocycles. The number of hydrogen-bond donors (Lipinski definition) is 0. The summed E-state index contributed by atoms with van der Waals surface area (Å²) in [6.07, 6.45) is 0.502. The largest absolute Gasteiger partial charge is 0.425 e. The van der Waals surface area contributed by atoms with Crippen LogP contribution in [0.15, 0.2) is 28.7 Å². The Morgan fingerprint density at radius 3 is 2.59 bits per heavy atom. The molecule has 180 valence electrons. The molecule has 2 aromatic heterocycles. The van der Waals surface area contributed by atoms with Crippen molar-refractivity contribution in [3.8, 4) is 0 Å². The molecule has 0 spiro atoms. The summed E-state index contributed by atoms with van der Waals surface area (Å²) < 4.78 is 45.3. The van der Waals surface area contributed by atoms with Crippen LogP contribution in [0.3, 0.4) is 0 Å². The first-order valence-electron chi connectivity index (χ1n) is 11.0. The highest BCUT2D eigenvalue weighted by Gasteiger charge is 2.31. The molecule has 1 fully saturated rings. The molecule has 0 N–H and O–H groups in total. The SMILES string of the molecule is CCc1nnc(C2CCN(C(=O)C=Cc3ccc(C(F)(F)F)cc3Cn3nnc(C)n3)CC2)o1. The van der Waals surface area contributed by atoms with Crippen LogP contribution in [0.25, 0.3) is 6.08 Å². The molecule has 4 rings (SSSR count). The molecule has 0 atom stereocenters. The topological polar surface area (TPSA) is 103 Å². The van der Waals surface area contributed by atoms with E-state index in [4.69, 9.17) is 4.42 Å². The zero-order valence-corrected chi connectivity index (χ0v) is 18.8. The summed E-state index contributed by atoms with van der Waals surface area (Å²) in [6, 6.07) is 3.39. The number of likely N-dealkylation sites (tertiary alicyclic amines) is 1. The summed E-state index contributed by atoms with van der Waals surface area (Å²) in [7, 11) is 0. The zero-order valence-electron chi connectivity index (χ0n) is 18.8. The lowest BCUT2D eigenvalue weighted by Crippen LogP contribution is -2.36. The van der Waals surface area contributed by atoms with Crippen LogP contribution in [0.2, 0.25) is 0 Å². The summed E-state index contributed by atoms with van der Waals surface area (Å²) in [5, 5.41) is 19.7. The maximum absolute atomic E-state index is 13.2. The summed E-state index contributed by atoms with van der Waals surface area (Å²) in [5.74, 6) is 1.51. The second-order valence-corrected chi connectivity index (χ2v) is 8.10. The van der Waals surface area contributed by atoms with Gasteiger partial charge in [-0.2, -0.15) is 18.0 Å². The Bertz CT molecular complexity index is 1180. The Balaban J connectivity index is 1.45. The molecule has 1 aliphatic heterocycles. The van der Waals surface area contributed by atoms with E-state index in [0.717, 1.165) is 12.1 Å². The van der Waals surface area contributed by atoms with E-state index in [9.17, 15) is 18.0 Å². The number of benzene rings is 1. The van der Waals surface area contributed by atoms with E-state index in [-0.39, 0.29) is 18.4 Å². The van der Waals surface area contributed by atoms with Gasteiger partial charge in [-0.05, 0) is 54.3 Å². The van der Waals surface area contributed by atoms with Gasteiger partial charge in [0.15, 0.2) is 5.82 Å². The van der Waals surface area contributed by atoms with Crippen LogP contribution in [0.1, 0.15) is 60.0 Å². The summed E-state index contributed by atoms with van der Waals surface area (Å²) in [6.45, 7) is 4.63. The number of aryl methyl sites for hydroxylation is 2. The average Bonchev–Trinajstić information content (AvgIpc) is 3.46. The van der Waals surface area contributed by atoms with E-state index in [1.807, 2.05) is 6.92 Å². The predicted molar refractivity (Wildman–Crippen MR) is 114 cm³/mol. The van der Waals surface area contributed by atoms with Crippen molar-refractivity contribution in [2.24, 2.45) is 0 Å². The second kappa shape index (κ2) is 9.74. The molecule has 1 saturated heterocycles. The van der Waals surface area contributed by atoms with E-state index >= 15 is 0 Å². The van der Waals surface area contributed by atoms with Gasteiger partial charge in [-0.3, -0.25) is 4.79 Å². The quantitative estimate of drug-likeness (QED) is 0.504. The first-order chi connectivity index (χ1) is 16.2. The fraction of sp³-hybridized carbons (Fsp3) is 0.455. The normalized spacial score (nSPS) is 15.4. The molecule has 12 heteroatoms.